The predicted molar refractivity (Wildman–Crippen MR) is 113 cm³/mol. The van der Waals surface area contributed by atoms with Gasteiger partial charge in [0.1, 0.15) is 5.82 Å². The molecule has 0 bridgehead atoms. The Bertz CT molecular complexity index is 892. The van der Waals surface area contributed by atoms with Gasteiger partial charge < -0.3 is 5.32 Å². The summed E-state index contributed by atoms with van der Waals surface area (Å²) in [7, 11) is 1.73. The summed E-state index contributed by atoms with van der Waals surface area (Å²) in [4.78, 5) is 29.5. The second-order valence-electron chi connectivity index (χ2n) is 8.87. The van der Waals surface area contributed by atoms with E-state index in [9.17, 15) is 9.59 Å². The molecule has 1 N–H and O–H groups in total. The van der Waals surface area contributed by atoms with E-state index in [1.165, 1.54) is 19.3 Å². The molecular formula is C23H33N3O2. The molecule has 2 aromatic rings. The maximum atomic E-state index is 12.5. The van der Waals surface area contributed by atoms with Crippen LogP contribution in [-0.2, 0) is 18.3 Å². The van der Waals surface area contributed by atoms with Gasteiger partial charge in [-0.05, 0) is 49.1 Å². The topological polar surface area (TPSA) is 64.0 Å². The van der Waals surface area contributed by atoms with Crippen molar-refractivity contribution >= 4 is 16.8 Å². The third-order valence-electron chi connectivity index (χ3n) is 6.76. The Morgan fingerprint density at radius 2 is 1.89 bits per heavy atom. The zero-order chi connectivity index (χ0) is 20.3. The van der Waals surface area contributed by atoms with Crippen molar-refractivity contribution < 1.29 is 4.79 Å². The first kappa shape index (κ1) is 20.6. The van der Waals surface area contributed by atoms with Gasteiger partial charge in [0.15, 0.2) is 0 Å². The Morgan fingerprint density at radius 1 is 1.21 bits per heavy atom. The molecule has 0 saturated heterocycles. The van der Waals surface area contributed by atoms with E-state index in [0.717, 1.165) is 18.8 Å². The molecular weight excluding hydrogens is 350 g/mol. The highest BCUT2D eigenvalue weighted by molar-refractivity contribution is 5.78. The Balaban J connectivity index is 1.55. The quantitative estimate of drug-likeness (QED) is 0.821. The first-order valence-corrected chi connectivity index (χ1v) is 10.6. The van der Waals surface area contributed by atoms with E-state index in [4.69, 9.17) is 0 Å². The molecule has 1 aliphatic rings. The first-order valence-electron chi connectivity index (χ1n) is 10.6. The Labute approximate surface area is 167 Å². The fourth-order valence-electron chi connectivity index (χ4n) is 4.32. The summed E-state index contributed by atoms with van der Waals surface area (Å²) < 4.78 is 1.56. The maximum absolute atomic E-state index is 12.5. The van der Waals surface area contributed by atoms with Gasteiger partial charge in [0.25, 0.3) is 5.56 Å². The van der Waals surface area contributed by atoms with Crippen LogP contribution in [0.25, 0.3) is 10.9 Å². The van der Waals surface area contributed by atoms with Gasteiger partial charge >= 0.3 is 0 Å². The molecule has 5 nitrogen and oxygen atoms in total. The average molecular weight is 384 g/mol. The van der Waals surface area contributed by atoms with Crippen LogP contribution in [0.3, 0.4) is 0 Å². The molecule has 3 rings (SSSR count). The number of amides is 1. The second kappa shape index (κ2) is 8.46. The predicted octanol–water partition coefficient (Wildman–Crippen LogP) is 3.98. The molecule has 28 heavy (non-hydrogen) atoms. The molecule has 0 spiro atoms. The minimum absolute atomic E-state index is 0.0561. The summed E-state index contributed by atoms with van der Waals surface area (Å²) in [5.74, 6) is 1.47. The number of carbonyl (C=O) groups excluding carboxylic acids is 1. The summed E-state index contributed by atoms with van der Waals surface area (Å²) in [6, 6.07) is 7.63. The standard InChI is InChI=1S/C23H33N3O2/c1-5-23(2,3)16-10-12-17(13-11-16)24-21(27)15-14-20-25-19-9-7-6-8-18(19)22(28)26(20)4/h6-9,16-17H,5,10-15H2,1-4H3,(H,24,27). The van der Waals surface area contributed by atoms with Crippen molar-refractivity contribution in [1.29, 1.82) is 0 Å². The van der Waals surface area contributed by atoms with Gasteiger partial charge in [-0.1, -0.05) is 39.3 Å². The van der Waals surface area contributed by atoms with Crippen LogP contribution in [0.1, 0.15) is 65.1 Å². The number of carbonyl (C=O) groups is 1. The van der Waals surface area contributed by atoms with Crippen molar-refractivity contribution in [1.82, 2.24) is 14.9 Å². The molecule has 5 heteroatoms. The molecule has 152 valence electrons. The lowest BCUT2D eigenvalue weighted by Gasteiger charge is -2.39. The first-order chi connectivity index (χ1) is 13.3. The minimum Gasteiger partial charge on any atom is -0.353 e. The largest absolute Gasteiger partial charge is 0.353 e. The highest BCUT2D eigenvalue weighted by Gasteiger charge is 2.32. The highest BCUT2D eigenvalue weighted by atomic mass is 16.1. The normalized spacial score (nSPS) is 20.3. The molecule has 0 atom stereocenters. The average Bonchev–Trinajstić information content (AvgIpc) is 2.70. The van der Waals surface area contributed by atoms with Crippen LogP contribution in [0.15, 0.2) is 29.1 Å². The number of hydrogen-bond donors (Lipinski definition) is 1. The molecule has 1 heterocycles. The van der Waals surface area contributed by atoms with E-state index in [1.54, 1.807) is 17.7 Å². The number of nitrogens with one attached hydrogen (secondary N) is 1. The van der Waals surface area contributed by atoms with Crippen LogP contribution < -0.4 is 10.9 Å². The lowest BCUT2D eigenvalue weighted by Crippen LogP contribution is -2.40. The van der Waals surface area contributed by atoms with Crippen LogP contribution in [0.2, 0.25) is 0 Å². The molecule has 1 aliphatic carbocycles. The molecule has 0 radical (unpaired) electrons. The van der Waals surface area contributed by atoms with E-state index in [0.29, 0.717) is 35.0 Å². The molecule has 1 fully saturated rings. The lowest BCUT2D eigenvalue weighted by molar-refractivity contribution is -0.122. The van der Waals surface area contributed by atoms with E-state index < -0.39 is 0 Å². The van der Waals surface area contributed by atoms with Crippen LogP contribution >= 0.6 is 0 Å². The molecule has 1 aromatic heterocycles. The zero-order valence-electron chi connectivity index (χ0n) is 17.6. The van der Waals surface area contributed by atoms with Gasteiger partial charge in [0.05, 0.1) is 10.9 Å². The summed E-state index contributed by atoms with van der Waals surface area (Å²) in [5, 5.41) is 3.81. The molecule has 1 aromatic carbocycles. The van der Waals surface area contributed by atoms with Crippen LogP contribution in [0.4, 0.5) is 0 Å². The number of hydrogen-bond acceptors (Lipinski definition) is 3. The maximum Gasteiger partial charge on any atom is 0.261 e. The van der Waals surface area contributed by atoms with Gasteiger partial charge in [-0.25, -0.2) is 4.98 Å². The van der Waals surface area contributed by atoms with Gasteiger partial charge in [0, 0.05) is 25.9 Å². The third-order valence-corrected chi connectivity index (χ3v) is 6.76. The summed E-state index contributed by atoms with van der Waals surface area (Å²) in [6.45, 7) is 6.98. The number of benzene rings is 1. The van der Waals surface area contributed by atoms with Crippen molar-refractivity contribution in [3.63, 3.8) is 0 Å². The monoisotopic (exact) mass is 383 g/mol. The zero-order valence-corrected chi connectivity index (χ0v) is 17.6. The highest BCUT2D eigenvalue weighted by Crippen LogP contribution is 2.40. The molecule has 1 saturated carbocycles. The van der Waals surface area contributed by atoms with Crippen molar-refractivity contribution in [2.75, 3.05) is 0 Å². The fraction of sp³-hybridized carbons (Fsp3) is 0.609. The number of rotatable bonds is 6. The van der Waals surface area contributed by atoms with Gasteiger partial charge in [-0.3, -0.25) is 14.2 Å². The van der Waals surface area contributed by atoms with Crippen molar-refractivity contribution in [3.05, 3.63) is 40.4 Å². The fourth-order valence-corrected chi connectivity index (χ4v) is 4.32. The van der Waals surface area contributed by atoms with E-state index in [1.807, 2.05) is 18.2 Å². The minimum atomic E-state index is -0.0575. The van der Waals surface area contributed by atoms with Crippen molar-refractivity contribution in [2.24, 2.45) is 18.4 Å². The van der Waals surface area contributed by atoms with Gasteiger partial charge in [-0.2, -0.15) is 0 Å². The van der Waals surface area contributed by atoms with Crippen molar-refractivity contribution in [2.45, 2.75) is 71.8 Å². The smallest absolute Gasteiger partial charge is 0.261 e. The number of fused-ring (bicyclic) bond motifs is 1. The molecule has 0 aliphatic heterocycles. The Morgan fingerprint density at radius 3 is 2.57 bits per heavy atom. The number of para-hydroxylation sites is 1. The molecule has 0 unspecified atom stereocenters. The third kappa shape index (κ3) is 4.45. The Hall–Kier alpha value is -2.17. The lowest BCUT2D eigenvalue weighted by atomic mass is 9.69. The van der Waals surface area contributed by atoms with Crippen LogP contribution in [-0.4, -0.2) is 21.5 Å². The number of aromatic nitrogens is 2. The van der Waals surface area contributed by atoms with Crippen LogP contribution in [0.5, 0.6) is 0 Å². The number of aryl methyl sites for hydroxylation is 1. The van der Waals surface area contributed by atoms with E-state index in [-0.39, 0.29) is 17.5 Å². The summed E-state index contributed by atoms with van der Waals surface area (Å²) in [6.07, 6.45) is 6.53. The number of nitrogens with zero attached hydrogens (tertiary/aromatic N) is 2. The van der Waals surface area contributed by atoms with Crippen molar-refractivity contribution in [3.8, 4) is 0 Å². The Kier molecular flexibility index (Phi) is 6.21. The molecule has 1 amide bonds. The van der Waals surface area contributed by atoms with E-state index in [2.05, 4.69) is 31.1 Å². The van der Waals surface area contributed by atoms with Crippen LogP contribution in [0, 0.1) is 11.3 Å². The van der Waals surface area contributed by atoms with E-state index >= 15 is 0 Å². The van der Waals surface area contributed by atoms with Gasteiger partial charge in [0.2, 0.25) is 5.91 Å². The van der Waals surface area contributed by atoms with Gasteiger partial charge in [-0.15, -0.1) is 0 Å². The SMILES string of the molecule is CCC(C)(C)C1CCC(NC(=O)CCc2nc3ccccc3c(=O)n2C)CC1. The second-order valence-corrected chi connectivity index (χ2v) is 8.87. The summed E-state index contributed by atoms with van der Waals surface area (Å²) in [5.41, 5.74) is 1.03. The summed E-state index contributed by atoms with van der Waals surface area (Å²) >= 11 is 0.